The Bertz CT molecular complexity index is 608. The smallest absolute Gasteiger partial charge is 0.132 e. The highest BCUT2D eigenvalue weighted by Gasteiger charge is 2.14. The van der Waals surface area contributed by atoms with Crippen molar-refractivity contribution in [2.45, 2.75) is 20.3 Å². The van der Waals surface area contributed by atoms with Gasteiger partial charge in [-0.3, -0.25) is 0 Å². The summed E-state index contributed by atoms with van der Waals surface area (Å²) in [4.78, 5) is 5.23. The Morgan fingerprint density at radius 1 is 1.39 bits per heavy atom. The second-order valence-corrected chi connectivity index (χ2v) is 5.34. The summed E-state index contributed by atoms with van der Waals surface area (Å²) in [6.45, 7) is 4.64. The number of aromatic nitrogens is 1. The predicted molar refractivity (Wildman–Crippen MR) is 74.5 cm³/mol. The summed E-state index contributed by atoms with van der Waals surface area (Å²) in [5.74, 6) is 0. The maximum atomic E-state index is 9.21. The summed E-state index contributed by atoms with van der Waals surface area (Å²) < 4.78 is 0. The molecule has 2 N–H and O–H groups in total. The molecule has 0 radical (unpaired) electrons. The molecule has 2 rings (SSSR count). The minimum atomic E-state index is 0.560. The maximum absolute atomic E-state index is 9.21. The van der Waals surface area contributed by atoms with E-state index in [0.29, 0.717) is 11.4 Å². The minimum Gasteiger partial charge on any atom is -0.330 e. The molecule has 0 spiro atoms. The molecule has 0 bridgehead atoms. The van der Waals surface area contributed by atoms with Crippen LogP contribution in [0.3, 0.4) is 0 Å². The van der Waals surface area contributed by atoms with Crippen LogP contribution in [0.15, 0.2) is 18.2 Å². The van der Waals surface area contributed by atoms with E-state index in [1.54, 1.807) is 0 Å². The summed E-state index contributed by atoms with van der Waals surface area (Å²) in [5, 5.41) is 10.1. The highest BCUT2D eigenvalue weighted by molar-refractivity contribution is 7.12. The molecule has 0 aliphatic carbocycles. The third-order valence-electron chi connectivity index (χ3n) is 2.78. The normalized spacial score (nSPS) is 10.3. The van der Waals surface area contributed by atoms with E-state index in [1.165, 1.54) is 16.9 Å². The topological polar surface area (TPSA) is 62.7 Å². The Balaban J connectivity index is 2.56. The molecule has 2 aromatic rings. The first kappa shape index (κ1) is 12.7. The number of nitrogens with two attached hydrogens (primary N) is 1. The van der Waals surface area contributed by atoms with Gasteiger partial charge in [-0.15, -0.1) is 11.3 Å². The van der Waals surface area contributed by atoms with Gasteiger partial charge in [0.1, 0.15) is 10.9 Å². The fourth-order valence-electron chi connectivity index (χ4n) is 1.84. The molecule has 0 amide bonds. The number of thiazole rings is 1. The van der Waals surface area contributed by atoms with E-state index < -0.39 is 0 Å². The van der Waals surface area contributed by atoms with Crippen molar-refractivity contribution in [1.29, 1.82) is 5.26 Å². The Kier molecular flexibility index (Phi) is 3.75. The highest BCUT2D eigenvalue weighted by Crippen LogP contribution is 2.30. The van der Waals surface area contributed by atoms with Gasteiger partial charge in [0.05, 0.1) is 10.7 Å². The molecule has 0 atom stereocenters. The Labute approximate surface area is 111 Å². The van der Waals surface area contributed by atoms with Crippen molar-refractivity contribution in [2.24, 2.45) is 5.73 Å². The quantitative estimate of drug-likeness (QED) is 0.919. The molecule has 0 unspecified atom stereocenters. The first-order valence-corrected chi connectivity index (χ1v) is 6.65. The molecule has 1 aromatic carbocycles. The van der Waals surface area contributed by atoms with Crippen molar-refractivity contribution in [3.8, 4) is 17.3 Å². The number of benzene rings is 1. The van der Waals surface area contributed by atoms with Crippen molar-refractivity contribution in [2.75, 3.05) is 6.54 Å². The lowest BCUT2D eigenvalue weighted by Gasteiger charge is -2.04. The first-order chi connectivity index (χ1) is 8.65. The Hall–Kier alpha value is -1.70. The van der Waals surface area contributed by atoms with Crippen molar-refractivity contribution in [3.05, 3.63) is 39.2 Å². The predicted octanol–water partition coefficient (Wildman–Crippen LogP) is 2.80. The van der Waals surface area contributed by atoms with Crippen LogP contribution in [0.1, 0.15) is 21.0 Å². The van der Waals surface area contributed by atoms with Gasteiger partial charge in [-0.05, 0) is 32.0 Å². The van der Waals surface area contributed by atoms with E-state index in [-0.39, 0.29) is 0 Å². The number of aryl methyl sites for hydroxylation is 2. The van der Waals surface area contributed by atoms with E-state index in [2.05, 4.69) is 29.3 Å². The molecule has 0 aliphatic rings. The molecule has 4 heteroatoms. The maximum Gasteiger partial charge on any atom is 0.132 e. The average Bonchev–Trinajstić information content (AvgIpc) is 2.76. The van der Waals surface area contributed by atoms with Crippen LogP contribution in [0, 0.1) is 25.2 Å². The van der Waals surface area contributed by atoms with Crippen molar-refractivity contribution < 1.29 is 0 Å². The molecule has 3 nitrogen and oxygen atoms in total. The number of rotatable bonds is 3. The van der Waals surface area contributed by atoms with E-state index in [9.17, 15) is 5.26 Å². The van der Waals surface area contributed by atoms with Crippen LogP contribution < -0.4 is 5.73 Å². The molecule has 0 aliphatic heterocycles. The first-order valence-electron chi connectivity index (χ1n) is 5.83. The number of hydrogen-bond acceptors (Lipinski definition) is 4. The lowest BCUT2D eigenvalue weighted by atomic mass is 10.0. The molecule has 0 saturated heterocycles. The second-order valence-electron chi connectivity index (χ2n) is 4.25. The number of hydrogen-bond donors (Lipinski definition) is 1. The summed E-state index contributed by atoms with van der Waals surface area (Å²) in [5.41, 5.74) is 9.70. The van der Waals surface area contributed by atoms with Crippen LogP contribution >= 0.6 is 11.3 Å². The summed E-state index contributed by atoms with van der Waals surface area (Å²) in [7, 11) is 0. The van der Waals surface area contributed by atoms with Crippen LogP contribution in [0.2, 0.25) is 0 Å². The van der Waals surface area contributed by atoms with Crippen LogP contribution in [0.25, 0.3) is 11.3 Å². The van der Waals surface area contributed by atoms with Crippen molar-refractivity contribution in [1.82, 2.24) is 4.98 Å². The lowest BCUT2D eigenvalue weighted by molar-refractivity contribution is 0.954. The van der Waals surface area contributed by atoms with Crippen molar-refractivity contribution in [3.63, 3.8) is 0 Å². The molecule has 0 saturated carbocycles. The zero-order chi connectivity index (χ0) is 13.1. The third kappa shape index (κ3) is 2.42. The molecule has 0 fully saturated rings. The zero-order valence-corrected chi connectivity index (χ0v) is 11.3. The Morgan fingerprint density at radius 2 is 2.17 bits per heavy atom. The fraction of sp³-hybridized carbons (Fsp3) is 0.286. The summed E-state index contributed by atoms with van der Waals surface area (Å²) in [6.07, 6.45) is 0.726. The average molecular weight is 257 g/mol. The standard InChI is InChI=1S/C14H15N3S/c1-9-3-4-10(2)11(7-9)14-12(8-16)18-13(17-14)5-6-15/h3-4,7H,5-6,15H2,1-2H3. The van der Waals surface area contributed by atoms with Gasteiger partial charge in [0.2, 0.25) is 0 Å². The van der Waals surface area contributed by atoms with Gasteiger partial charge in [-0.1, -0.05) is 17.7 Å². The molecule has 92 valence electrons. The molecule has 1 aromatic heterocycles. The Morgan fingerprint density at radius 3 is 2.83 bits per heavy atom. The largest absolute Gasteiger partial charge is 0.330 e. The van der Waals surface area contributed by atoms with E-state index in [0.717, 1.165) is 28.2 Å². The lowest BCUT2D eigenvalue weighted by Crippen LogP contribution is -2.02. The molecular weight excluding hydrogens is 242 g/mol. The number of nitrogens with zero attached hydrogens (tertiary/aromatic N) is 2. The van der Waals surface area contributed by atoms with Crippen LogP contribution in [-0.4, -0.2) is 11.5 Å². The van der Waals surface area contributed by atoms with Gasteiger partial charge in [-0.25, -0.2) is 4.98 Å². The molecule has 1 heterocycles. The SMILES string of the molecule is Cc1ccc(C)c(-c2nc(CCN)sc2C#N)c1. The highest BCUT2D eigenvalue weighted by atomic mass is 32.1. The van der Waals surface area contributed by atoms with Crippen LogP contribution in [-0.2, 0) is 6.42 Å². The zero-order valence-electron chi connectivity index (χ0n) is 10.5. The van der Waals surface area contributed by atoms with Gasteiger partial charge in [0.15, 0.2) is 0 Å². The van der Waals surface area contributed by atoms with Gasteiger partial charge >= 0.3 is 0 Å². The van der Waals surface area contributed by atoms with E-state index in [4.69, 9.17) is 5.73 Å². The van der Waals surface area contributed by atoms with E-state index in [1.807, 2.05) is 13.8 Å². The number of nitriles is 1. The third-order valence-corrected chi connectivity index (χ3v) is 3.80. The molecular formula is C14H15N3S. The molecule has 18 heavy (non-hydrogen) atoms. The summed E-state index contributed by atoms with van der Waals surface area (Å²) >= 11 is 1.44. The van der Waals surface area contributed by atoms with Crippen LogP contribution in [0.4, 0.5) is 0 Å². The van der Waals surface area contributed by atoms with Crippen LogP contribution in [0.5, 0.6) is 0 Å². The van der Waals surface area contributed by atoms with Crippen molar-refractivity contribution >= 4 is 11.3 Å². The van der Waals surface area contributed by atoms with Gasteiger partial charge in [0, 0.05) is 12.0 Å². The van der Waals surface area contributed by atoms with Gasteiger partial charge < -0.3 is 5.73 Å². The van der Waals surface area contributed by atoms with Gasteiger partial charge in [0.25, 0.3) is 0 Å². The fourth-order valence-corrected chi connectivity index (χ4v) is 2.73. The monoisotopic (exact) mass is 257 g/mol. The van der Waals surface area contributed by atoms with E-state index >= 15 is 0 Å². The summed E-state index contributed by atoms with van der Waals surface area (Å²) in [6, 6.07) is 8.45. The minimum absolute atomic E-state index is 0.560. The second kappa shape index (κ2) is 5.30. The van der Waals surface area contributed by atoms with Gasteiger partial charge in [-0.2, -0.15) is 5.26 Å².